The van der Waals surface area contributed by atoms with Gasteiger partial charge in [-0.1, -0.05) is 51.8 Å². The second-order valence-corrected chi connectivity index (χ2v) is 9.55. The molecular formula is C23H23O3S-. The van der Waals surface area contributed by atoms with Crippen LogP contribution in [0.15, 0.2) is 47.4 Å². The van der Waals surface area contributed by atoms with E-state index in [0.29, 0.717) is 10.5 Å². The van der Waals surface area contributed by atoms with Gasteiger partial charge in [0, 0.05) is 10.8 Å². The number of carboxylic acid groups (broad SMARTS) is 1. The molecule has 1 aliphatic rings. The van der Waals surface area contributed by atoms with E-state index in [4.69, 9.17) is 0 Å². The molecule has 2 aromatic rings. The molecular weight excluding hydrogens is 356 g/mol. The highest BCUT2D eigenvalue weighted by atomic mass is 32.2. The van der Waals surface area contributed by atoms with Crippen molar-refractivity contribution in [3.05, 3.63) is 64.7 Å². The number of carbonyl (C=O) groups is 1. The standard InChI is InChI=1S/C23H24O3S/c1-22(2)12-13-23(3,4)20-15-18(9-10-19(20)22)27(26)14-11-16-5-7-17(8-6-16)21(24)25/h5-10,15H,12-13H2,1-4H3,(H,24,25)/p-1. The summed E-state index contributed by atoms with van der Waals surface area (Å²) in [5, 5.41) is 13.6. The van der Waals surface area contributed by atoms with Gasteiger partial charge < -0.3 is 9.90 Å². The fourth-order valence-electron chi connectivity index (χ4n) is 3.54. The van der Waals surface area contributed by atoms with Crippen LogP contribution in [0.25, 0.3) is 0 Å². The average Bonchev–Trinajstić information content (AvgIpc) is 2.63. The first-order chi connectivity index (χ1) is 12.6. The maximum atomic E-state index is 12.7. The molecule has 140 valence electrons. The van der Waals surface area contributed by atoms with Gasteiger partial charge >= 0.3 is 0 Å². The Kier molecular flexibility index (Phi) is 5.01. The van der Waals surface area contributed by atoms with Gasteiger partial charge in [-0.25, -0.2) is 4.21 Å². The molecule has 0 bridgehead atoms. The summed E-state index contributed by atoms with van der Waals surface area (Å²) in [4.78, 5) is 11.5. The first-order valence-electron chi connectivity index (χ1n) is 9.00. The monoisotopic (exact) mass is 379 g/mol. The molecule has 3 nitrogen and oxygen atoms in total. The van der Waals surface area contributed by atoms with Crippen LogP contribution in [0, 0.1) is 11.2 Å². The number of hydrogen-bond donors (Lipinski definition) is 0. The number of hydrogen-bond acceptors (Lipinski definition) is 3. The molecule has 0 heterocycles. The molecule has 27 heavy (non-hydrogen) atoms. The smallest absolute Gasteiger partial charge is 0.130 e. The van der Waals surface area contributed by atoms with Crippen LogP contribution in [0.4, 0.5) is 0 Å². The van der Waals surface area contributed by atoms with Gasteiger partial charge in [0.1, 0.15) is 10.8 Å². The van der Waals surface area contributed by atoms with Gasteiger partial charge in [-0.2, -0.15) is 0 Å². The number of fused-ring (bicyclic) bond motifs is 1. The molecule has 0 saturated carbocycles. The summed E-state index contributed by atoms with van der Waals surface area (Å²) in [6.45, 7) is 8.98. The van der Waals surface area contributed by atoms with Crippen molar-refractivity contribution in [3.63, 3.8) is 0 Å². The minimum absolute atomic E-state index is 0.0548. The van der Waals surface area contributed by atoms with Crippen molar-refractivity contribution in [3.8, 4) is 11.2 Å². The lowest BCUT2D eigenvalue weighted by atomic mass is 9.63. The van der Waals surface area contributed by atoms with Gasteiger partial charge in [-0.15, -0.1) is 0 Å². The summed E-state index contributed by atoms with van der Waals surface area (Å²) >= 11 is 0. The Morgan fingerprint density at radius 3 is 2.15 bits per heavy atom. The van der Waals surface area contributed by atoms with Crippen molar-refractivity contribution < 1.29 is 14.1 Å². The van der Waals surface area contributed by atoms with Crippen molar-refractivity contribution >= 4 is 16.8 Å². The van der Waals surface area contributed by atoms with E-state index in [9.17, 15) is 14.1 Å². The minimum Gasteiger partial charge on any atom is -0.545 e. The van der Waals surface area contributed by atoms with Gasteiger partial charge in [0.2, 0.25) is 0 Å². The van der Waals surface area contributed by atoms with Crippen LogP contribution in [-0.4, -0.2) is 10.2 Å². The van der Waals surface area contributed by atoms with Gasteiger partial charge in [-0.3, -0.25) is 0 Å². The fourth-order valence-corrected chi connectivity index (χ4v) is 4.28. The number of carbonyl (C=O) groups excluding carboxylic acids is 1. The Balaban J connectivity index is 1.90. The zero-order chi connectivity index (χ0) is 19.8. The lowest BCUT2D eigenvalue weighted by Gasteiger charge is -2.41. The predicted octanol–water partition coefficient (Wildman–Crippen LogP) is 3.52. The number of benzene rings is 2. The van der Waals surface area contributed by atoms with Crippen LogP contribution in [0.5, 0.6) is 0 Å². The first-order valence-corrected chi connectivity index (χ1v) is 10.1. The van der Waals surface area contributed by atoms with E-state index in [1.54, 1.807) is 12.1 Å². The molecule has 1 atom stereocenters. The highest BCUT2D eigenvalue weighted by Gasteiger charge is 2.37. The zero-order valence-corrected chi connectivity index (χ0v) is 16.9. The molecule has 2 aromatic carbocycles. The van der Waals surface area contributed by atoms with Gasteiger partial charge in [0.05, 0.1) is 10.9 Å². The molecule has 0 N–H and O–H groups in total. The fraction of sp³-hybridized carbons (Fsp3) is 0.348. The van der Waals surface area contributed by atoms with Crippen LogP contribution >= 0.6 is 0 Å². The third-order valence-electron chi connectivity index (χ3n) is 5.45. The van der Waals surface area contributed by atoms with Crippen LogP contribution in [-0.2, 0) is 21.6 Å². The van der Waals surface area contributed by atoms with E-state index < -0.39 is 16.8 Å². The van der Waals surface area contributed by atoms with E-state index in [2.05, 4.69) is 44.9 Å². The highest BCUT2D eigenvalue weighted by Crippen LogP contribution is 2.46. The highest BCUT2D eigenvalue weighted by molar-refractivity contribution is 7.89. The third-order valence-corrected chi connectivity index (χ3v) is 6.42. The van der Waals surface area contributed by atoms with E-state index >= 15 is 0 Å². The predicted molar refractivity (Wildman–Crippen MR) is 106 cm³/mol. The number of carboxylic acids is 1. The lowest BCUT2D eigenvalue weighted by Crippen LogP contribution is -2.33. The first kappa shape index (κ1) is 19.4. The van der Waals surface area contributed by atoms with Crippen molar-refractivity contribution in [2.24, 2.45) is 0 Å². The second kappa shape index (κ2) is 6.98. The molecule has 1 unspecified atom stereocenters. The third kappa shape index (κ3) is 3.99. The topological polar surface area (TPSA) is 57.2 Å². The van der Waals surface area contributed by atoms with Gasteiger partial charge in [0.15, 0.2) is 0 Å². The van der Waals surface area contributed by atoms with Gasteiger partial charge in [0.25, 0.3) is 0 Å². The van der Waals surface area contributed by atoms with Crippen molar-refractivity contribution in [1.29, 1.82) is 0 Å². The summed E-state index contributed by atoms with van der Waals surface area (Å²) in [6, 6.07) is 12.1. The number of rotatable bonds is 2. The SMILES string of the molecule is CC1(C)CCC(C)(C)c2cc(S(=O)C#Cc3ccc(C(=O)[O-])cc3)ccc21. The summed E-state index contributed by atoms with van der Waals surface area (Å²) in [5.74, 6) is 1.64. The van der Waals surface area contributed by atoms with Crippen molar-refractivity contribution in [2.75, 3.05) is 0 Å². The number of aromatic carboxylic acids is 1. The largest absolute Gasteiger partial charge is 0.545 e. The molecule has 4 heteroatoms. The van der Waals surface area contributed by atoms with Crippen LogP contribution < -0.4 is 5.11 Å². The normalized spacial score (nSPS) is 17.9. The summed E-state index contributed by atoms with van der Waals surface area (Å²) < 4.78 is 12.7. The van der Waals surface area contributed by atoms with Gasteiger partial charge in [-0.05, 0) is 64.6 Å². The van der Waals surface area contributed by atoms with Crippen molar-refractivity contribution in [2.45, 2.75) is 56.3 Å². The molecule has 0 aliphatic heterocycles. The van der Waals surface area contributed by atoms with E-state index in [1.165, 1.54) is 23.3 Å². The molecule has 3 rings (SSSR count). The van der Waals surface area contributed by atoms with E-state index in [0.717, 1.165) is 12.8 Å². The minimum atomic E-state index is -1.44. The molecule has 0 aromatic heterocycles. The molecule has 0 amide bonds. The lowest BCUT2D eigenvalue weighted by molar-refractivity contribution is -0.255. The maximum Gasteiger partial charge on any atom is 0.130 e. The Labute approximate surface area is 163 Å². The van der Waals surface area contributed by atoms with Crippen LogP contribution in [0.3, 0.4) is 0 Å². The molecule has 0 saturated heterocycles. The van der Waals surface area contributed by atoms with Crippen LogP contribution in [0.2, 0.25) is 0 Å². The quantitative estimate of drug-likeness (QED) is 0.750. The summed E-state index contributed by atoms with van der Waals surface area (Å²) in [6.07, 6.45) is 2.23. The second-order valence-electron chi connectivity index (χ2n) is 8.34. The van der Waals surface area contributed by atoms with E-state index in [-0.39, 0.29) is 16.4 Å². The maximum absolute atomic E-state index is 12.7. The summed E-state index contributed by atoms with van der Waals surface area (Å²) in [5.41, 5.74) is 3.47. The van der Waals surface area contributed by atoms with E-state index in [1.807, 2.05) is 12.1 Å². The van der Waals surface area contributed by atoms with Crippen LogP contribution in [0.1, 0.15) is 67.6 Å². The Morgan fingerprint density at radius 2 is 1.56 bits per heavy atom. The average molecular weight is 380 g/mol. The molecule has 0 spiro atoms. The Hall–Kier alpha value is -2.38. The molecule has 0 fully saturated rings. The molecule has 1 aliphatic carbocycles. The van der Waals surface area contributed by atoms with Crippen molar-refractivity contribution in [1.82, 2.24) is 0 Å². The summed E-state index contributed by atoms with van der Waals surface area (Å²) in [7, 11) is -1.44. The zero-order valence-electron chi connectivity index (χ0n) is 16.1. The Bertz CT molecular complexity index is 973. The Morgan fingerprint density at radius 1 is 0.963 bits per heavy atom. The molecule has 0 radical (unpaired) electrons.